The third-order valence-electron chi connectivity index (χ3n) is 1.50. The summed E-state index contributed by atoms with van der Waals surface area (Å²) in [5.41, 5.74) is 5.56. The van der Waals surface area contributed by atoms with E-state index in [4.69, 9.17) is 5.73 Å². The normalized spacial score (nSPS) is 9.64. The Kier molecular flexibility index (Phi) is 3.44. The van der Waals surface area contributed by atoms with Crippen LogP contribution in [0.4, 0.5) is 11.6 Å². The maximum Gasteiger partial charge on any atom is 0.360 e. The largest absolute Gasteiger partial charge is 0.464 e. The second kappa shape index (κ2) is 4.40. The molecule has 6 nitrogen and oxygen atoms in total. The highest BCUT2D eigenvalue weighted by Gasteiger charge is 2.16. The molecule has 0 spiro atoms. The van der Waals surface area contributed by atoms with Crippen LogP contribution in [-0.4, -0.2) is 30.1 Å². The number of carbonyl (C=O) groups excluding carboxylic acids is 1. The number of aromatic nitrogens is 2. The highest BCUT2D eigenvalue weighted by molar-refractivity contribution is 14.1. The number of hydrogen-bond donors (Lipinski definition) is 2. The van der Waals surface area contributed by atoms with Crippen LogP contribution in [0.5, 0.6) is 0 Å². The predicted molar refractivity (Wildman–Crippen MR) is 60.0 cm³/mol. The number of nitrogens with zero attached hydrogens (tertiary/aromatic N) is 2. The van der Waals surface area contributed by atoms with Crippen molar-refractivity contribution in [3.63, 3.8) is 0 Å². The number of ether oxygens (including phenoxy) is 1. The van der Waals surface area contributed by atoms with Crippen LogP contribution < -0.4 is 11.1 Å². The zero-order chi connectivity index (χ0) is 10.7. The monoisotopic (exact) mass is 308 g/mol. The van der Waals surface area contributed by atoms with E-state index in [2.05, 4.69) is 20.0 Å². The molecule has 3 N–H and O–H groups in total. The molecule has 0 aromatic carbocycles. The van der Waals surface area contributed by atoms with E-state index in [0.717, 1.165) is 0 Å². The molecule has 0 atom stereocenters. The van der Waals surface area contributed by atoms with Crippen LogP contribution in [0.3, 0.4) is 0 Å². The first-order valence-corrected chi connectivity index (χ1v) is 4.77. The quantitative estimate of drug-likeness (QED) is 0.610. The number of rotatable bonds is 2. The highest BCUT2D eigenvalue weighted by atomic mass is 127. The lowest BCUT2D eigenvalue weighted by Crippen LogP contribution is -2.13. The summed E-state index contributed by atoms with van der Waals surface area (Å²) in [5, 5.41) is 2.81. The molecule has 1 aromatic heterocycles. The second-order valence-electron chi connectivity index (χ2n) is 2.34. The summed E-state index contributed by atoms with van der Waals surface area (Å²) in [6.07, 6.45) is 0. The molecule has 1 rings (SSSR count). The Morgan fingerprint density at radius 1 is 1.57 bits per heavy atom. The number of esters is 1. The maximum absolute atomic E-state index is 11.2. The minimum atomic E-state index is -0.587. The Morgan fingerprint density at radius 3 is 2.71 bits per heavy atom. The van der Waals surface area contributed by atoms with Gasteiger partial charge in [0, 0.05) is 7.05 Å². The first-order chi connectivity index (χ1) is 6.60. The van der Waals surface area contributed by atoms with E-state index in [1.54, 1.807) is 7.05 Å². The number of hydrogen-bond acceptors (Lipinski definition) is 6. The third kappa shape index (κ3) is 2.03. The lowest BCUT2D eigenvalue weighted by molar-refractivity contribution is 0.0595. The minimum Gasteiger partial charge on any atom is -0.464 e. The number of nitrogens with two attached hydrogens (primary N) is 1. The maximum atomic E-state index is 11.2. The van der Waals surface area contributed by atoms with Crippen LogP contribution in [0.15, 0.2) is 0 Å². The van der Waals surface area contributed by atoms with Crippen LogP contribution in [-0.2, 0) is 4.74 Å². The molecule has 14 heavy (non-hydrogen) atoms. The van der Waals surface area contributed by atoms with Gasteiger partial charge in [-0.2, -0.15) is 0 Å². The smallest absolute Gasteiger partial charge is 0.360 e. The number of carbonyl (C=O) groups is 1. The molecule has 0 fully saturated rings. The summed E-state index contributed by atoms with van der Waals surface area (Å²) < 4.78 is 5.07. The zero-order valence-electron chi connectivity index (χ0n) is 7.67. The van der Waals surface area contributed by atoms with Gasteiger partial charge in [-0.05, 0) is 22.6 Å². The van der Waals surface area contributed by atoms with Crippen LogP contribution >= 0.6 is 22.6 Å². The van der Waals surface area contributed by atoms with Gasteiger partial charge in [-0.1, -0.05) is 0 Å². The van der Waals surface area contributed by atoms with Gasteiger partial charge in [-0.25, -0.2) is 14.8 Å². The first kappa shape index (κ1) is 11.0. The van der Waals surface area contributed by atoms with E-state index in [1.165, 1.54) is 7.11 Å². The van der Waals surface area contributed by atoms with Crippen LogP contribution in [0, 0.1) is 3.70 Å². The average molecular weight is 308 g/mol. The summed E-state index contributed by atoms with van der Waals surface area (Å²) in [7, 11) is 2.96. The molecule has 0 aliphatic carbocycles. The van der Waals surface area contributed by atoms with Gasteiger partial charge in [-0.15, -0.1) is 0 Å². The van der Waals surface area contributed by atoms with Crippen molar-refractivity contribution in [2.45, 2.75) is 0 Å². The molecular formula is C7H9IN4O2. The van der Waals surface area contributed by atoms with Gasteiger partial charge in [0.25, 0.3) is 0 Å². The summed E-state index contributed by atoms with van der Waals surface area (Å²) in [4.78, 5) is 19.1. The minimum absolute atomic E-state index is 0.0379. The van der Waals surface area contributed by atoms with Crippen molar-refractivity contribution in [3.8, 4) is 0 Å². The van der Waals surface area contributed by atoms with Gasteiger partial charge in [0.05, 0.1) is 7.11 Å². The van der Waals surface area contributed by atoms with Crippen molar-refractivity contribution in [1.29, 1.82) is 0 Å². The predicted octanol–water partition coefficient (Wildman–Crippen LogP) is 0.492. The Morgan fingerprint density at radius 2 is 2.21 bits per heavy atom. The van der Waals surface area contributed by atoms with E-state index >= 15 is 0 Å². The van der Waals surface area contributed by atoms with E-state index in [9.17, 15) is 4.79 Å². The van der Waals surface area contributed by atoms with Crippen molar-refractivity contribution in [1.82, 2.24) is 9.97 Å². The Bertz CT molecular complexity index is 369. The average Bonchev–Trinajstić information content (AvgIpc) is 2.19. The molecule has 0 bridgehead atoms. The summed E-state index contributed by atoms with van der Waals surface area (Å²) >= 11 is 1.95. The van der Waals surface area contributed by atoms with Crippen LogP contribution in [0.2, 0.25) is 0 Å². The van der Waals surface area contributed by atoms with Gasteiger partial charge in [0.1, 0.15) is 3.70 Å². The van der Waals surface area contributed by atoms with Crippen LogP contribution in [0.1, 0.15) is 10.5 Å². The lowest BCUT2D eigenvalue weighted by Gasteiger charge is -2.06. The molecule has 0 saturated carbocycles. The zero-order valence-corrected chi connectivity index (χ0v) is 9.82. The van der Waals surface area contributed by atoms with Crippen molar-refractivity contribution < 1.29 is 9.53 Å². The fourth-order valence-corrected chi connectivity index (χ4v) is 1.47. The van der Waals surface area contributed by atoms with Crippen molar-refractivity contribution in [3.05, 3.63) is 9.39 Å². The topological polar surface area (TPSA) is 90.1 Å². The Hall–Kier alpha value is -1.12. The number of methoxy groups -OCH3 is 1. The molecule has 0 saturated heterocycles. The molecule has 0 radical (unpaired) electrons. The van der Waals surface area contributed by atoms with Crippen LogP contribution in [0.25, 0.3) is 0 Å². The van der Waals surface area contributed by atoms with Crippen molar-refractivity contribution in [2.24, 2.45) is 0 Å². The molecule has 7 heteroatoms. The molecule has 76 valence electrons. The van der Waals surface area contributed by atoms with E-state index < -0.39 is 5.97 Å². The molecule has 0 aliphatic heterocycles. The fourth-order valence-electron chi connectivity index (χ4n) is 0.834. The molecule has 1 heterocycles. The number of halogens is 1. The van der Waals surface area contributed by atoms with Gasteiger partial charge < -0.3 is 15.8 Å². The number of nitrogen functional groups attached to an aromatic ring is 1. The van der Waals surface area contributed by atoms with E-state index in [1.807, 2.05) is 22.6 Å². The molecular weight excluding hydrogens is 299 g/mol. The Labute approximate surface area is 94.4 Å². The SMILES string of the molecule is CNc1nc(N)c(C(=O)OC)nc1I. The molecule has 0 amide bonds. The van der Waals surface area contributed by atoms with Gasteiger partial charge in [0.2, 0.25) is 0 Å². The number of anilines is 2. The molecule has 0 unspecified atom stereocenters. The highest BCUT2D eigenvalue weighted by Crippen LogP contribution is 2.17. The van der Waals surface area contributed by atoms with Gasteiger partial charge in [0.15, 0.2) is 17.3 Å². The van der Waals surface area contributed by atoms with E-state index in [-0.39, 0.29) is 11.5 Å². The summed E-state index contributed by atoms with van der Waals surface area (Å²) in [5.74, 6) is 0.00735. The standard InChI is InChI=1S/C7H9IN4O2/c1-10-6-4(8)11-3(5(9)12-6)7(13)14-2/h1-2H3,(H3,9,10,12). The molecule has 0 aliphatic rings. The molecule has 1 aromatic rings. The lowest BCUT2D eigenvalue weighted by atomic mass is 10.4. The summed E-state index contributed by atoms with van der Waals surface area (Å²) in [6.45, 7) is 0. The third-order valence-corrected chi connectivity index (χ3v) is 2.25. The number of nitrogens with one attached hydrogen (secondary N) is 1. The summed E-state index contributed by atoms with van der Waals surface area (Å²) in [6, 6.07) is 0. The van der Waals surface area contributed by atoms with Crippen molar-refractivity contribution in [2.75, 3.05) is 25.2 Å². The Balaban J connectivity index is 3.21. The fraction of sp³-hybridized carbons (Fsp3) is 0.286. The first-order valence-electron chi connectivity index (χ1n) is 3.69. The van der Waals surface area contributed by atoms with Crippen molar-refractivity contribution >= 4 is 40.2 Å². The van der Waals surface area contributed by atoms with Gasteiger partial charge in [-0.3, -0.25) is 0 Å². The van der Waals surface area contributed by atoms with Gasteiger partial charge >= 0.3 is 5.97 Å². The second-order valence-corrected chi connectivity index (χ2v) is 3.36. The van der Waals surface area contributed by atoms with E-state index in [0.29, 0.717) is 9.52 Å².